The molecule has 0 saturated heterocycles. The van der Waals surface area contributed by atoms with Crippen LogP contribution in [0.15, 0.2) is 11.4 Å². The van der Waals surface area contributed by atoms with Gasteiger partial charge in [-0.25, -0.2) is 4.98 Å². The van der Waals surface area contributed by atoms with Crippen LogP contribution in [-0.4, -0.2) is 21.1 Å². The van der Waals surface area contributed by atoms with E-state index in [2.05, 4.69) is 41.3 Å². The number of carbonyl (C=O) groups is 1. The molecule has 0 atom stereocenters. The summed E-state index contributed by atoms with van der Waals surface area (Å²) in [4.78, 5) is 16.5. The summed E-state index contributed by atoms with van der Waals surface area (Å²) < 4.78 is 0. The highest BCUT2D eigenvalue weighted by Crippen LogP contribution is 2.19. The van der Waals surface area contributed by atoms with Crippen molar-refractivity contribution in [3.8, 4) is 0 Å². The highest BCUT2D eigenvalue weighted by Gasteiger charge is 2.11. The third-order valence-corrected chi connectivity index (χ3v) is 4.30. The Kier molecular flexibility index (Phi) is 5.50. The van der Waals surface area contributed by atoms with E-state index in [4.69, 9.17) is 0 Å². The summed E-state index contributed by atoms with van der Waals surface area (Å²) in [6.45, 7) is 6.35. The molecular formula is C15H22N4OS. The minimum Gasteiger partial charge on any atom is -0.309 e. The van der Waals surface area contributed by atoms with Crippen molar-refractivity contribution in [1.29, 1.82) is 0 Å². The van der Waals surface area contributed by atoms with Crippen molar-refractivity contribution in [3.05, 3.63) is 27.8 Å². The summed E-state index contributed by atoms with van der Waals surface area (Å²) in [6, 6.07) is 1.90. The van der Waals surface area contributed by atoms with E-state index in [0.717, 1.165) is 35.7 Å². The van der Waals surface area contributed by atoms with Gasteiger partial charge in [-0.15, -0.1) is 11.3 Å². The number of aromatic nitrogens is 3. The molecule has 2 rings (SSSR count). The molecule has 1 amide bonds. The zero-order valence-electron chi connectivity index (χ0n) is 12.8. The summed E-state index contributed by atoms with van der Waals surface area (Å²) in [5, 5.41) is 12.9. The van der Waals surface area contributed by atoms with Crippen LogP contribution in [-0.2, 0) is 17.6 Å². The number of nitrogens with one attached hydrogen (secondary N) is 2. The maximum absolute atomic E-state index is 12.0. The first-order chi connectivity index (χ1) is 10.1. The van der Waals surface area contributed by atoms with Gasteiger partial charge in [0.05, 0.1) is 17.1 Å². The molecular weight excluding hydrogens is 284 g/mol. The van der Waals surface area contributed by atoms with Crippen molar-refractivity contribution >= 4 is 23.1 Å². The lowest BCUT2D eigenvalue weighted by molar-refractivity contribution is -0.115. The molecule has 2 aromatic heterocycles. The van der Waals surface area contributed by atoms with E-state index in [-0.39, 0.29) is 5.91 Å². The van der Waals surface area contributed by atoms with Gasteiger partial charge in [-0.05, 0) is 12.8 Å². The Hall–Kier alpha value is -1.69. The summed E-state index contributed by atoms with van der Waals surface area (Å²) in [7, 11) is 0. The topological polar surface area (TPSA) is 70.7 Å². The average molecular weight is 306 g/mol. The molecule has 0 saturated carbocycles. The van der Waals surface area contributed by atoms with Gasteiger partial charge < -0.3 is 5.32 Å². The van der Waals surface area contributed by atoms with Gasteiger partial charge in [0.1, 0.15) is 0 Å². The maximum atomic E-state index is 12.0. The minimum absolute atomic E-state index is 0.0795. The second kappa shape index (κ2) is 7.36. The summed E-state index contributed by atoms with van der Waals surface area (Å²) in [6.07, 6.45) is 3.51. The van der Waals surface area contributed by atoms with Crippen LogP contribution < -0.4 is 5.32 Å². The predicted molar refractivity (Wildman–Crippen MR) is 85.7 cm³/mol. The van der Waals surface area contributed by atoms with E-state index in [1.165, 1.54) is 0 Å². The van der Waals surface area contributed by atoms with Crippen LogP contribution in [0.1, 0.15) is 55.9 Å². The lowest BCUT2D eigenvalue weighted by Gasteiger charge is -1.99. The second-order valence-electron chi connectivity index (χ2n) is 5.44. The Morgan fingerprint density at radius 2 is 2.29 bits per heavy atom. The van der Waals surface area contributed by atoms with Gasteiger partial charge in [0, 0.05) is 23.1 Å². The van der Waals surface area contributed by atoms with Gasteiger partial charge in [-0.1, -0.05) is 27.2 Å². The molecule has 0 aromatic carbocycles. The third-order valence-electron chi connectivity index (χ3n) is 3.10. The Labute approximate surface area is 129 Å². The quantitative estimate of drug-likeness (QED) is 0.822. The number of carbonyl (C=O) groups excluding carboxylic acids is 1. The van der Waals surface area contributed by atoms with Crippen molar-refractivity contribution in [3.63, 3.8) is 0 Å². The molecule has 0 fully saturated rings. The van der Waals surface area contributed by atoms with E-state index in [1.54, 1.807) is 11.3 Å². The molecule has 0 aliphatic carbocycles. The van der Waals surface area contributed by atoms with E-state index in [0.29, 0.717) is 18.2 Å². The number of anilines is 1. The SMILES string of the molecule is CCCCc1cc(NC(=O)Cc2csc(C(C)C)n2)n[nH]1. The van der Waals surface area contributed by atoms with Crippen LogP contribution in [0, 0.1) is 0 Å². The molecule has 2 N–H and O–H groups in total. The number of rotatable bonds is 7. The Morgan fingerprint density at radius 3 is 2.95 bits per heavy atom. The first-order valence-corrected chi connectivity index (χ1v) is 8.25. The van der Waals surface area contributed by atoms with E-state index < -0.39 is 0 Å². The van der Waals surface area contributed by atoms with Crippen LogP contribution in [0.3, 0.4) is 0 Å². The molecule has 0 unspecified atom stereocenters. The zero-order valence-corrected chi connectivity index (χ0v) is 13.6. The van der Waals surface area contributed by atoms with Gasteiger partial charge in [-0.2, -0.15) is 5.10 Å². The zero-order chi connectivity index (χ0) is 15.2. The highest BCUT2D eigenvalue weighted by atomic mass is 32.1. The summed E-state index contributed by atoms with van der Waals surface area (Å²) >= 11 is 1.61. The van der Waals surface area contributed by atoms with Gasteiger partial charge in [0.25, 0.3) is 0 Å². The molecule has 6 heteroatoms. The van der Waals surface area contributed by atoms with Crippen LogP contribution in [0.5, 0.6) is 0 Å². The number of H-pyrrole nitrogens is 1. The third kappa shape index (κ3) is 4.67. The molecule has 0 spiro atoms. The number of aromatic amines is 1. The van der Waals surface area contributed by atoms with E-state index in [1.807, 2.05) is 11.4 Å². The smallest absolute Gasteiger partial charge is 0.231 e. The minimum atomic E-state index is -0.0795. The van der Waals surface area contributed by atoms with Crippen LogP contribution in [0.4, 0.5) is 5.82 Å². The predicted octanol–water partition coefficient (Wildman–Crippen LogP) is 3.51. The Balaban J connectivity index is 1.87. The molecule has 114 valence electrons. The van der Waals surface area contributed by atoms with E-state index >= 15 is 0 Å². The molecule has 5 nitrogen and oxygen atoms in total. The number of thiazole rings is 1. The molecule has 0 aliphatic rings. The van der Waals surface area contributed by atoms with Crippen LogP contribution in [0.2, 0.25) is 0 Å². The number of hydrogen-bond donors (Lipinski definition) is 2. The average Bonchev–Trinajstić information content (AvgIpc) is 3.06. The lowest BCUT2D eigenvalue weighted by Crippen LogP contribution is -2.14. The van der Waals surface area contributed by atoms with Crippen molar-refractivity contribution in [2.45, 2.75) is 52.4 Å². The highest BCUT2D eigenvalue weighted by molar-refractivity contribution is 7.09. The van der Waals surface area contributed by atoms with Gasteiger partial charge in [-0.3, -0.25) is 9.89 Å². The van der Waals surface area contributed by atoms with Crippen LogP contribution in [0.25, 0.3) is 0 Å². The molecule has 2 heterocycles. The normalized spacial score (nSPS) is 11.0. The number of nitrogens with zero attached hydrogens (tertiary/aromatic N) is 2. The molecule has 0 radical (unpaired) electrons. The first-order valence-electron chi connectivity index (χ1n) is 7.37. The molecule has 21 heavy (non-hydrogen) atoms. The number of unbranched alkanes of at least 4 members (excludes halogenated alkanes) is 1. The largest absolute Gasteiger partial charge is 0.309 e. The second-order valence-corrected chi connectivity index (χ2v) is 6.33. The van der Waals surface area contributed by atoms with Gasteiger partial charge >= 0.3 is 0 Å². The Bertz CT molecular complexity index is 588. The van der Waals surface area contributed by atoms with Gasteiger partial charge in [0.15, 0.2) is 5.82 Å². The number of hydrogen-bond acceptors (Lipinski definition) is 4. The summed E-state index contributed by atoms with van der Waals surface area (Å²) in [5.74, 6) is 0.911. The lowest BCUT2D eigenvalue weighted by atomic mass is 10.2. The van der Waals surface area contributed by atoms with Gasteiger partial charge in [0.2, 0.25) is 5.91 Å². The standard InChI is InChI=1S/C15H22N4OS/c1-4-5-6-11-7-13(19-18-11)17-14(20)8-12-9-21-15(16-12)10(2)3/h7,9-10H,4-6,8H2,1-3H3,(H2,17,18,19,20). The molecule has 2 aromatic rings. The van der Waals surface area contributed by atoms with Crippen molar-refractivity contribution in [2.24, 2.45) is 0 Å². The number of aryl methyl sites for hydroxylation is 1. The number of amides is 1. The fourth-order valence-corrected chi connectivity index (χ4v) is 2.78. The Morgan fingerprint density at radius 1 is 1.48 bits per heavy atom. The summed E-state index contributed by atoms with van der Waals surface area (Å²) in [5.41, 5.74) is 1.88. The first kappa shape index (κ1) is 15.7. The van der Waals surface area contributed by atoms with E-state index in [9.17, 15) is 4.79 Å². The van der Waals surface area contributed by atoms with Crippen molar-refractivity contribution < 1.29 is 4.79 Å². The fourth-order valence-electron chi connectivity index (χ4n) is 1.94. The molecule has 0 aliphatic heterocycles. The van der Waals surface area contributed by atoms with Crippen molar-refractivity contribution in [1.82, 2.24) is 15.2 Å². The fraction of sp³-hybridized carbons (Fsp3) is 0.533. The maximum Gasteiger partial charge on any atom is 0.231 e. The monoisotopic (exact) mass is 306 g/mol. The molecule has 0 bridgehead atoms. The van der Waals surface area contributed by atoms with Crippen molar-refractivity contribution in [2.75, 3.05) is 5.32 Å². The van der Waals surface area contributed by atoms with Crippen LogP contribution >= 0.6 is 11.3 Å².